The van der Waals surface area contributed by atoms with Crippen molar-refractivity contribution < 1.29 is 27.1 Å². The number of methoxy groups -OCH3 is 1. The van der Waals surface area contributed by atoms with Crippen molar-refractivity contribution in [3.8, 4) is 0 Å². The summed E-state index contributed by atoms with van der Waals surface area (Å²) in [5.74, 6) is -1.11. The Bertz CT molecular complexity index is 1310. The summed E-state index contributed by atoms with van der Waals surface area (Å²) in [5, 5.41) is 6.35. The molecule has 0 bridgehead atoms. The number of rotatable bonds is 8. The predicted molar refractivity (Wildman–Crippen MR) is 134 cm³/mol. The van der Waals surface area contributed by atoms with E-state index in [-0.39, 0.29) is 11.8 Å². The SMILES string of the molecule is CNC(C)C(=O)NC(C(=O)N1CCC2C1C(c1c[nH]c3cc(F)ccc13)=CN2S(C)(=O)=O)C(C)OC. The van der Waals surface area contributed by atoms with Crippen LogP contribution in [0.15, 0.2) is 30.6 Å². The predicted octanol–water partition coefficient (Wildman–Crippen LogP) is 1.02. The molecule has 3 N–H and O–H groups in total. The number of sulfonamides is 1. The summed E-state index contributed by atoms with van der Waals surface area (Å²) in [6.07, 6.45) is 4.20. The second kappa shape index (κ2) is 9.83. The van der Waals surface area contributed by atoms with Gasteiger partial charge in [0.15, 0.2) is 0 Å². The van der Waals surface area contributed by atoms with Gasteiger partial charge in [-0.1, -0.05) is 0 Å². The Balaban J connectivity index is 1.74. The first-order chi connectivity index (χ1) is 17.0. The second-order valence-corrected chi connectivity index (χ2v) is 11.2. The standard InChI is InChI=1S/C24H32FN5O5S/c1-13(26-3)23(31)28-21(14(2)35-4)24(32)29-9-8-20-22(29)18(12-30(20)36(5,33)34)17-11-27-19-10-15(25)6-7-16(17)19/h6-7,10-14,20-22,26-27H,8-9H2,1-5H3,(H,28,31). The third kappa shape index (κ3) is 4.60. The van der Waals surface area contributed by atoms with Crippen LogP contribution in [0.5, 0.6) is 0 Å². The number of nitrogens with zero attached hydrogens (tertiary/aromatic N) is 2. The summed E-state index contributed by atoms with van der Waals surface area (Å²) in [5.41, 5.74) is 1.89. The molecule has 0 radical (unpaired) electrons. The van der Waals surface area contributed by atoms with Crippen LogP contribution in [0.3, 0.4) is 0 Å². The number of likely N-dealkylation sites (tertiary alicyclic amines) is 1. The van der Waals surface area contributed by atoms with E-state index in [1.807, 2.05) is 0 Å². The van der Waals surface area contributed by atoms with E-state index in [1.165, 1.54) is 23.5 Å². The molecule has 5 unspecified atom stereocenters. The molecule has 10 nitrogen and oxygen atoms in total. The van der Waals surface area contributed by atoms with Gasteiger partial charge in [-0.25, -0.2) is 12.8 Å². The Morgan fingerprint density at radius 3 is 2.64 bits per heavy atom. The number of carbonyl (C=O) groups excluding carboxylic acids is 2. The zero-order chi connectivity index (χ0) is 26.4. The van der Waals surface area contributed by atoms with E-state index >= 15 is 0 Å². The van der Waals surface area contributed by atoms with Crippen molar-refractivity contribution in [2.75, 3.05) is 27.0 Å². The molecule has 4 rings (SSSR count). The minimum atomic E-state index is -3.62. The first-order valence-corrected chi connectivity index (χ1v) is 13.6. The van der Waals surface area contributed by atoms with E-state index in [0.29, 0.717) is 35.0 Å². The molecular weight excluding hydrogens is 489 g/mol. The van der Waals surface area contributed by atoms with Crippen LogP contribution in [0.25, 0.3) is 16.5 Å². The molecule has 36 heavy (non-hydrogen) atoms. The van der Waals surface area contributed by atoms with Gasteiger partial charge in [-0.3, -0.25) is 13.9 Å². The summed E-state index contributed by atoms with van der Waals surface area (Å²) in [7, 11) is -0.510. The van der Waals surface area contributed by atoms with Crippen molar-refractivity contribution in [2.45, 2.75) is 50.5 Å². The van der Waals surface area contributed by atoms with Gasteiger partial charge in [-0.15, -0.1) is 0 Å². The van der Waals surface area contributed by atoms with Gasteiger partial charge in [0.2, 0.25) is 21.8 Å². The van der Waals surface area contributed by atoms with Gasteiger partial charge in [0.05, 0.1) is 30.5 Å². The monoisotopic (exact) mass is 521 g/mol. The molecule has 3 heterocycles. The number of fused-ring (bicyclic) bond motifs is 2. The average Bonchev–Trinajstić information content (AvgIpc) is 3.54. The molecule has 1 aromatic heterocycles. The fourth-order valence-electron chi connectivity index (χ4n) is 4.99. The molecule has 2 amide bonds. The molecule has 0 spiro atoms. The maximum atomic E-state index is 13.9. The highest BCUT2D eigenvalue weighted by Crippen LogP contribution is 2.43. The number of H-pyrrole nitrogens is 1. The first-order valence-electron chi connectivity index (χ1n) is 11.8. The minimum Gasteiger partial charge on any atom is -0.379 e. The Morgan fingerprint density at radius 2 is 2.00 bits per heavy atom. The second-order valence-electron chi connectivity index (χ2n) is 9.34. The summed E-state index contributed by atoms with van der Waals surface area (Å²) < 4.78 is 45.8. The fourth-order valence-corrected chi connectivity index (χ4v) is 6.00. The maximum absolute atomic E-state index is 13.9. The molecule has 2 aromatic rings. The maximum Gasteiger partial charge on any atom is 0.248 e. The van der Waals surface area contributed by atoms with E-state index < -0.39 is 46.1 Å². The van der Waals surface area contributed by atoms with Crippen molar-refractivity contribution in [2.24, 2.45) is 0 Å². The zero-order valence-corrected chi connectivity index (χ0v) is 21.7. The first kappa shape index (κ1) is 26.1. The number of benzene rings is 1. The van der Waals surface area contributed by atoms with Gasteiger partial charge in [-0.2, -0.15) is 0 Å². The normalized spacial score (nSPS) is 22.3. The highest BCUT2D eigenvalue weighted by Gasteiger charge is 2.50. The van der Waals surface area contributed by atoms with E-state index in [2.05, 4.69) is 15.6 Å². The van der Waals surface area contributed by atoms with Gasteiger partial charge in [0, 0.05) is 48.1 Å². The lowest BCUT2D eigenvalue weighted by Crippen LogP contribution is -2.58. The van der Waals surface area contributed by atoms with Crippen molar-refractivity contribution in [1.82, 2.24) is 24.8 Å². The fraction of sp³-hybridized carbons (Fsp3) is 0.500. The van der Waals surface area contributed by atoms with Crippen LogP contribution in [-0.4, -0.2) is 91.7 Å². The lowest BCUT2D eigenvalue weighted by molar-refractivity contribution is -0.140. The number of nitrogens with one attached hydrogen (secondary N) is 3. The molecule has 1 aromatic carbocycles. The number of carbonyl (C=O) groups is 2. The lowest BCUT2D eigenvalue weighted by Gasteiger charge is -2.33. The number of hydrogen-bond acceptors (Lipinski definition) is 6. The van der Waals surface area contributed by atoms with Gasteiger partial charge < -0.3 is 25.3 Å². The number of aromatic amines is 1. The van der Waals surface area contributed by atoms with E-state index in [4.69, 9.17) is 4.74 Å². The van der Waals surface area contributed by atoms with Crippen LogP contribution in [0.4, 0.5) is 4.39 Å². The molecule has 1 fully saturated rings. The largest absolute Gasteiger partial charge is 0.379 e. The van der Waals surface area contributed by atoms with E-state index in [0.717, 1.165) is 6.26 Å². The summed E-state index contributed by atoms with van der Waals surface area (Å²) >= 11 is 0. The van der Waals surface area contributed by atoms with Crippen molar-refractivity contribution in [3.63, 3.8) is 0 Å². The van der Waals surface area contributed by atoms with Gasteiger partial charge >= 0.3 is 0 Å². The molecule has 0 aliphatic carbocycles. The lowest BCUT2D eigenvalue weighted by atomic mass is 9.96. The number of hydrogen-bond donors (Lipinski definition) is 3. The molecule has 1 saturated heterocycles. The molecule has 5 atom stereocenters. The highest BCUT2D eigenvalue weighted by atomic mass is 32.2. The molecule has 2 aliphatic rings. The minimum absolute atomic E-state index is 0.304. The summed E-state index contributed by atoms with van der Waals surface area (Å²) in [6.45, 7) is 3.68. The van der Waals surface area contributed by atoms with Crippen LogP contribution >= 0.6 is 0 Å². The Labute approximate surface area is 209 Å². The number of amides is 2. The van der Waals surface area contributed by atoms with Crippen LogP contribution in [0, 0.1) is 5.82 Å². The van der Waals surface area contributed by atoms with Gasteiger partial charge in [0.1, 0.15) is 11.9 Å². The smallest absolute Gasteiger partial charge is 0.248 e. The van der Waals surface area contributed by atoms with Gasteiger partial charge in [-0.05, 0) is 45.5 Å². The van der Waals surface area contributed by atoms with Crippen molar-refractivity contribution in [1.29, 1.82) is 0 Å². The number of aromatic nitrogens is 1. The van der Waals surface area contributed by atoms with Crippen LogP contribution in [-0.2, 0) is 24.3 Å². The van der Waals surface area contributed by atoms with Crippen LogP contribution < -0.4 is 10.6 Å². The average molecular weight is 522 g/mol. The molecular formula is C24H32FN5O5S. The van der Waals surface area contributed by atoms with Crippen LogP contribution in [0.2, 0.25) is 0 Å². The third-order valence-electron chi connectivity index (χ3n) is 7.13. The molecule has 196 valence electrons. The Morgan fingerprint density at radius 1 is 1.28 bits per heavy atom. The summed E-state index contributed by atoms with van der Waals surface area (Å²) in [4.78, 5) is 31.2. The van der Waals surface area contributed by atoms with Gasteiger partial charge in [0.25, 0.3) is 0 Å². The van der Waals surface area contributed by atoms with E-state index in [1.54, 1.807) is 44.3 Å². The zero-order valence-electron chi connectivity index (χ0n) is 20.9. The molecule has 0 saturated carbocycles. The van der Waals surface area contributed by atoms with Crippen molar-refractivity contribution >= 4 is 38.3 Å². The summed E-state index contributed by atoms with van der Waals surface area (Å²) in [6, 6.07) is 1.77. The van der Waals surface area contributed by atoms with Crippen molar-refractivity contribution in [3.05, 3.63) is 42.0 Å². The third-order valence-corrected chi connectivity index (χ3v) is 8.27. The molecule has 2 aliphatic heterocycles. The Kier molecular flexibility index (Phi) is 7.13. The number of halogens is 1. The highest BCUT2D eigenvalue weighted by molar-refractivity contribution is 7.88. The quantitative estimate of drug-likeness (QED) is 0.477. The number of likely N-dealkylation sites (N-methyl/N-ethyl adjacent to an activating group) is 1. The van der Waals surface area contributed by atoms with E-state index in [9.17, 15) is 22.4 Å². The topological polar surface area (TPSA) is 124 Å². The van der Waals surface area contributed by atoms with Crippen LogP contribution in [0.1, 0.15) is 25.8 Å². The Hall–Kier alpha value is -2.96. The number of ether oxygens (including phenoxy) is 1. The molecule has 12 heteroatoms.